The third kappa shape index (κ3) is 4.29. The molecule has 1 aliphatic rings. The van der Waals surface area contributed by atoms with E-state index in [1.165, 1.54) is 0 Å². The Bertz CT molecular complexity index is 859. The molecule has 0 radical (unpaired) electrons. The fourth-order valence-electron chi connectivity index (χ4n) is 3.51. The van der Waals surface area contributed by atoms with Gasteiger partial charge in [0.05, 0.1) is 33.3 Å². The van der Waals surface area contributed by atoms with Crippen molar-refractivity contribution < 1.29 is 23.8 Å². The highest BCUT2D eigenvalue weighted by molar-refractivity contribution is 6.00. The van der Waals surface area contributed by atoms with E-state index < -0.39 is 5.92 Å². The van der Waals surface area contributed by atoms with E-state index in [0.29, 0.717) is 23.8 Å². The highest BCUT2D eigenvalue weighted by atomic mass is 16.5. The third-order valence-corrected chi connectivity index (χ3v) is 5.11. The van der Waals surface area contributed by atoms with Crippen LogP contribution in [-0.4, -0.2) is 39.7 Å². The van der Waals surface area contributed by atoms with Crippen molar-refractivity contribution in [1.29, 1.82) is 0 Å². The molecule has 1 N–H and O–H groups in total. The number of nitrogens with one attached hydrogen (secondary N) is 1. The maximum Gasteiger partial charge on any atom is 0.227 e. The first-order chi connectivity index (χ1) is 14.0. The zero-order valence-corrected chi connectivity index (χ0v) is 17.1. The van der Waals surface area contributed by atoms with Crippen LogP contribution in [0.15, 0.2) is 42.5 Å². The Labute approximate surface area is 170 Å². The van der Waals surface area contributed by atoms with E-state index in [1.807, 2.05) is 49.4 Å². The van der Waals surface area contributed by atoms with Crippen LogP contribution in [0.2, 0.25) is 0 Å². The van der Waals surface area contributed by atoms with Gasteiger partial charge in [0.2, 0.25) is 17.6 Å². The van der Waals surface area contributed by atoms with Gasteiger partial charge < -0.3 is 24.4 Å². The molecule has 2 unspecified atom stereocenters. The Balaban J connectivity index is 1.72. The average Bonchev–Trinajstić information content (AvgIpc) is 3.14. The van der Waals surface area contributed by atoms with Gasteiger partial charge in [0.1, 0.15) is 0 Å². The highest BCUT2D eigenvalue weighted by Gasteiger charge is 2.35. The molecular weight excluding hydrogens is 372 g/mol. The molecule has 3 rings (SSSR count). The SMILES string of the molecule is COc1cc(C(C)NC(=O)C2CC(=O)N(c3ccccc3)C2)cc(OC)c1OC. The minimum atomic E-state index is -0.396. The second-order valence-electron chi connectivity index (χ2n) is 6.93. The van der Waals surface area contributed by atoms with Gasteiger partial charge in [-0.1, -0.05) is 18.2 Å². The maximum atomic E-state index is 12.8. The van der Waals surface area contributed by atoms with Crippen molar-refractivity contribution in [3.8, 4) is 17.2 Å². The van der Waals surface area contributed by atoms with Crippen LogP contribution in [-0.2, 0) is 9.59 Å². The molecule has 2 aromatic rings. The Morgan fingerprint density at radius 1 is 1.07 bits per heavy atom. The number of amides is 2. The normalized spacial score (nSPS) is 17.0. The number of hydrogen-bond donors (Lipinski definition) is 1. The smallest absolute Gasteiger partial charge is 0.227 e. The molecule has 2 amide bonds. The van der Waals surface area contributed by atoms with Crippen LogP contribution in [0.1, 0.15) is 24.9 Å². The van der Waals surface area contributed by atoms with Gasteiger partial charge in [-0.25, -0.2) is 0 Å². The molecule has 1 aliphatic heterocycles. The van der Waals surface area contributed by atoms with Crippen LogP contribution < -0.4 is 24.4 Å². The number of nitrogens with zero attached hydrogens (tertiary/aromatic N) is 1. The van der Waals surface area contributed by atoms with E-state index in [2.05, 4.69) is 5.32 Å². The number of methoxy groups -OCH3 is 3. The molecule has 29 heavy (non-hydrogen) atoms. The summed E-state index contributed by atoms with van der Waals surface area (Å²) < 4.78 is 16.1. The number of anilines is 1. The second kappa shape index (κ2) is 8.86. The lowest BCUT2D eigenvalue weighted by molar-refractivity contribution is -0.126. The zero-order valence-electron chi connectivity index (χ0n) is 17.1. The van der Waals surface area contributed by atoms with Gasteiger partial charge in [0, 0.05) is 18.7 Å². The molecule has 7 nitrogen and oxygen atoms in total. The van der Waals surface area contributed by atoms with Crippen molar-refractivity contribution in [3.63, 3.8) is 0 Å². The molecule has 2 aromatic carbocycles. The summed E-state index contributed by atoms with van der Waals surface area (Å²) in [6.07, 6.45) is 0.197. The van der Waals surface area contributed by atoms with Crippen molar-refractivity contribution >= 4 is 17.5 Å². The van der Waals surface area contributed by atoms with Gasteiger partial charge in [0.25, 0.3) is 0 Å². The summed E-state index contributed by atoms with van der Waals surface area (Å²) in [4.78, 5) is 26.8. The molecule has 0 aromatic heterocycles. The van der Waals surface area contributed by atoms with Crippen LogP contribution in [0.4, 0.5) is 5.69 Å². The summed E-state index contributed by atoms with van der Waals surface area (Å²) in [5, 5.41) is 3.00. The zero-order chi connectivity index (χ0) is 21.0. The summed E-state index contributed by atoms with van der Waals surface area (Å²) >= 11 is 0. The summed E-state index contributed by atoms with van der Waals surface area (Å²) in [5.41, 5.74) is 1.63. The third-order valence-electron chi connectivity index (χ3n) is 5.11. The van der Waals surface area contributed by atoms with Crippen molar-refractivity contribution in [2.45, 2.75) is 19.4 Å². The molecule has 2 atom stereocenters. The van der Waals surface area contributed by atoms with Gasteiger partial charge >= 0.3 is 0 Å². The standard InChI is InChI=1S/C22H26N2O5/c1-14(15-10-18(27-2)21(29-4)19(11-15)28-3)23-22(26)16-12-20(25)24(13-16)17-8-6-5-7-9-17/h5-11,14,16H,12-13H2,1-4H3,(H,23,26). The first kappa shape index (κ1) is 20.5. The maximum absolute atomic E-state index is 12.8. The van der Waals surface area contributed by atoms with E-state index in [-0.39, 0.29) is 24.3 Å². The first-order valence-electron chi connectivity index (χ1n) is 9.44. The number of benzene rings is 2. The van der Waals surface area contributed by atoms with Crippen molar-refractivity contribution in [3.05, 3.63) is 48.0 Å². The Morgan fingerprint density at radius 3 is 2.24 bits per heavy atom. The largest absolute Gasteiger partial charge is 0.493 e. The van der Waals surface area contributed by atoms with Crippen molar-refractivity contribution in [1.82, 2.24) is 5.32 Å². The Kier molecular flexibility index (Phi) is 6.26. The molecule has 1 heterocycles. The van der Waals surface area contributed by atoms with E-state index in [1.54, 1.807) is 26.2 Å². The number of rotatable bonds is 7. The molecule has 0 spiro atoms. The molecule has 154 valence electrons. The summed E-state index contributed by atoms with van der Waals surface area (Å²) in [5.74, 6) is 0.947. The average molecular weight is 398 g/mol. The van der Waals surface area contributed by atoms with Gasteiger partial charge in [0.15, 0.2) is 11.5 Å². The summed E-state index contributed by atoms with van der Waals surface area (Å²) in [6.45, 7) is 2.25. The predicted octanol–water partition coefficient (Wildman–Crippen LogP) is 2.94. The molecule has 1 fully saturated rings. The minimum absolute atomic E-state index is 0.0446. The number of hydrogen-bond acceptors (Lipinski definition) is 5. The number of carbonyl (C=O) groups is 2. The van der Waals surface area contributed by atoms with Crippen LogP contribution in [0, 0.1) is 5.92 Å². The van der Waals surface area contributed by atoms with Crippen molar-refractivity contribution in [2.75, 3.05) is 32.8 Å². The highest BCUT2D eigenvalue weighted by Crippen LogP contribution is 2.39. The lowest BCUT2D eigenvalue weighted by atomic mass is 10.0. The van der Waals surface area contributed by atoms with E-state index in [9.17, 15) is 9.59 Å². The van der Waals surface area contributed by atoms with Gasteiger partial charge in [-0.05, 0) is 36.8 Å². The van der Waals surface area contributed by atoms with E-state index in [0.717, 1.165) is 11.3 Å². The summed E-state index contributed by atoms with van der Waals surface area (Å²) in [7, 11) is 4.64. The quantitative estimate of drug-likeness (QED) is 0.776. The lowest BCUT2D eigenvalue weighted by Crippen LogP contribution is -2.34. The van der Waals surface area contributed by atoms with Gasteiger partial charge in [-0.3, -0.25) is 9.59 Å². The van der Waals surface area contributed by atoms with Crippen LogP contribution in [0.25, 0.3) is 0 Å². The second-order valence-corrected chi connectivity index (χ2v) is 6.93. The molecule has 0 aliphatic carbocycles. The van der Waals surface area contributed by atoms with Crippen molar-refractivity contribution in [2.24, 2.45) is 5.92 Å². The van der Waals surface area contributed by atoms with Crippen LogP contribution in [0.5, 0.6) is 17.2 Å². The van der Waals surface area contributed by atoms with Gasteiger partial charge in [-0.2, -0.15) is 0 Å². The summed E-state index contributed by atoms with van der Waals surface area (Å²) in [6, 6.07) is 12.7. The molecule has 7 heteroatoms. The van der Waals surface area contributed by atoms with Crippen LogP contribution in [0.3, 0.4) is 0 Å². The van der Waals surface area contributed by atoms with Gasteiger partial charge in [-0.15, -0.1) is 0 Å². The van der Waals surface area contributed by atoms with E-state index >= 15 is 0 Å². The molecule has 0 saturated carbocycles. The number of carbonyl (C=O) groups excluding carboxylic acids is 2. The van der Waals surface area contributed by atoms with Crippen LogP contribution >= 0.6 is 0 Å². The molecule has 0 bridgehead atoms. The predicted molar refractivity (Wildman–Crippen MR) is 110 cm³/mol. The monoisotopic (exact) mass is 398 g/mol. The fourth-order valence-corrected chi connectivity index (χ4v) is 3.51. The lowest BCUT2D eigenvalue weighted by Gasteiger charge is -2.20. The molecular formula is C22H26N2O5. The number of para-hydroxylation sites is 1. The minimum Gasteiger partial charge on any atom is -0.493 e. The van der Waals surface area contributed by atoms with E-state index in [4.69, 9.17) is 14.2 Å². The Morgan fingerprint density at radius 2 is 1.69 bits per heavy atom. The number of ether oxygens (including phenoxy) is 3. The Hall–Kier alpha value is -3.22. The first-order valence-corrected chi connectivity index (χ1v) is 9.44. The fraction of sp³-hybridized carbons (Fsp3) is 0.364. The topological polar surface area (TPSA) is 77.1 Å². The molecule has 1 saturated heterocycles.